The summed E-state index contributed by atoms with van der Waals surface area (Å²) in [5.41, 5.74) is 0.0428. The van der Waals surface area contributed by atoms with E-state index < -0.39 is 29.6 Å². The largest absolute Gasteiger partial charge is 0.478 e. The molecule has 1 atom stereocenters. The van der Waals surface area contributed by atoms with Crippen LogP contribution < -0.4 is 9.64 Å². The molecule has 0 amide bonds. The molecular formula is C29H26F4N6O4. The number of halogens is 4. The summed E-state index contributed by atoms with van der Waals surface area (Å²) in [6, 6.07) is 10.7. The van der Waals surface area contributed by atoms with Crippen LogP contribution in [-0.4, -0.2) is 62.8 Å². The van der Waals surface area contributed by atoms with Crippen molar-refractivity contribution in [2.24, 2.45) is 5.10 Å². The van der Waals surface area contributed by atoms with Crippen LogP contribution in [0.5, 0.6) is 5.88 Å². The number of nitrogens with zero attached hydrogens (tertiary/aromatic N) is 6. The minimum absolute atomic E-state index is 0.0675. The van der Waals surface area contributed by atoms with Crippen LogP contribution in [-0.2, 0) is 24.4 Å². The fraction of sp³-hybridized carbons (Fsp3) is 0.310. The Morgan fingerprint density at radius 1 is 1.09 bits per heavy atom. The maximum Gasteiger partial charge on any atom is 0.335 e. The molecule has 4 heterocycles. The lowest BCUT2D eigenvalue weighted by molar-refractivity contribution is -0.0592. The third-order valence-electron chi connectivity index (χ3n) is 7.30. The summed E-state index contributed by atoms with van der Waals surface area (Å²) in [5.74, 6) is -1.43. The van der Waals surface area contributed by atoms with Crippen molar-refractivity contribution >= 4 is 29.2 Å². The lowest BCUT2D eigenvalue weighted by Crippen LogP contribution is -2.38. The second-order valence-corrected chi connectivity index (χ2v) is 10.1. The fourth-order valence-electron chi connectivity index (χ4n) is 4.85. The number of imidazole rings is 1. The summed E-state index contributed by atoms with van der Waals surface area (Å²) in [7, 11) is 0. The maximum absolute atomic E-state index is 14.8. The molecule has 4 aromatic rings. The molecule has 10 nitrogen and oxygen atoms in total. The summed E-state index contributed by atoms with van der Waals surface area (Å²) in [6.07, 6.45) is -0.402. The molecule has 2 aromatic carbocycles. The van der Waals surface area contributed by atoms with Crippen LogP contribution in [0, 0.1) is 11.6 Å². The zero-order valence-electron chi connectivity index (χ0n) is 22.7. The monoisotopic (exact) mass is 598 g/mol. The summed E-state index contributed by atoms with van der Waals surface area (Å²) in [4.78, 5) is 22.3. The van der Waals surface area contributed by atoms with E-state index in [9.17, 15) is 27.5 Å². The van der Waals surface area contributed by atoms with Gasteiger partial charge in [-0.3, -0.25) is 5.01 Å². The van der Waals surface area contributed by atoms with Gasteiger partial charge >= 0.3 is 5.97 Å². The molecule has 2 aromatic heterocycles. The van der Waals surface area contributed by atoms with Crippen molar-refractivity contribution in [2.45, 2.75) is 38.6 Å². The zero-order valence-corrected chi connectivity index (χ0v) is 22.7. The summed E-state index contributed by atoms with van der Waals surface area (Å²) < 4.78 is 67.6. The minimum Gasteiger partial charge on any atom is -0.478 e. The van der Waals surface area contributed by atoms with Gasteiger partial charge in [0.1, 0.15) is 35.9 Å². The lowest BCUT2D eigenvalue weighted by atomic mass is 10.1. The Morgan fingerprint density at radius 2 is 1.93 bits per heavy atom. The first-order valence-electron chi connectivity index (χ1n) is 13.5. The van der Waals surface area contributed by atoms with E-state index in [1.165, 1.54) is 12.1 Å². The Hall–Kier alpha value is -4.72. The normalized spacial score (nSPS) is 16.6. The Kier molecular flexibility index (Phi) is 7.84. The van der Waals surface area contributed by atoms with Crippen LogP contribution in [0.25, 0.3) is 11.0 Å². The number of fused-ring (bicyclic) bond motifs is 1. The third-order valence-corrected chi connectivity index (χ3v) is 7.30. The van der Waals surface area contributed by atoms with Crippen LogP contribution in [0.15, 0.2) is 53.6 Å². The number of hydrazone groups is 1. The number of carboxylic acids is 1. The number of hydrogen-bond donors (Lipinski definition) is 1. The molecule has 0 spiro atoms. The smallest absolute Gasteiger partial charge is 0.335 e. The highest BCUT2D eigenvalue weighted by Gasteiger charge is 2.25. The second-order valence-electron chi connectivity index (χ2n) is 10.1. The summed E-state index contributed by atoms with van der Waals surface area (Å²) in [6.45, 7) is 2.08. The highest BCUT2D eigenvalue weighted by molar-refractivity contribution is 5.92. The quantitative estimate of drug-likeness (QED) is 0.255. The van der Waals surface area contributed by atoms with Crippen LogP contribution in [0.4, 0.5) is 23.4 Å². The molecule has 224 valence electrons. The Bertz CT molecular complexity index is 1690. The van der Waals surface area contributed by atoms with Gasteiger partial charge in [0.2, 0.25) is 5.88 Å². The molecular weight excluding hydrogens is 572 g/mol. The number of carboxylic acid groups (broad SMARTS) is 1. The van der Waals surface area contributed by atoms with Crippen LogP contribution in [0.2, 0.25) is 0 Å². The van der Waals surface area contributed by atoms with Gasteiger partial charge in [-0.15, -0.1) is 0 Å². The van der Waals surface area contributed by atoms with Gasteiger partial charge in [-0.25, -0.2) is 27.3 Å². The number of carbonyl (C=O) groups is 1. The molecule has 1 saturated heterocycles. The topological polar surface area (TPSA) is 105 Å². The highest BCUT2D eigenvalue weighted by Crippen LogP contribution is 2.27. The van der Waals surface area contributed by atoms with E-state index >= 15 is 0 Å². The van der Waals surface area contributed by atoms with E-state index in [0.29, 0.717) is 43.4 Å². The molecule has 0 saturated carbocycles. The van der Waals surface area contributed by atoms with Crippen molar-refractivity contribution in [3.63, 3.8) is 0 Å². The van der Waals surface area contributed by atoms with Crippen LogP contribution >= 0.6 is 0 Å². The first-order chi connectivity index (χ1) is 20.7. The number of aromatic nitrogens is 3. The predicted molar refractivity (Wildman–Crippen MR) is 147 cm³/mol. The maximum atomic E-state index is 14.8. The molecule has 0 bridgehead atoms. The molecule has 0 unspecified atom stereocenters. The minimum atomic E-state index is -2.76. The van der Waals surface area contributed by atoms with Gasteiger partial charge in [-0.05, 0) is 30.7 Å². The van der Waals surface area contributed by atoms with Crippen molar-refractivity contribution < 1.29 is 36.9 Å². The predicted octanol–water partition coefficient (Wildman–Crippen LogP) is 4.98. The molecule has 1 N–H and O–H groups in total. The van der Waals surface area contributed by atoms with Crippen molar-refractivity contribution in [3.05, 3.63) is 82.7 Å². The van der Waals surface area contributed by atoms with E-state index in [-0.39, 0.29) is 41.8 Å². The van der Waals surface area contributed by atoms with Gasteiger partial charge in [-0.1, -0.05) is 18.2 Å². The average molecular weight is 599 g/mol. The van der Waals surface area contributed by atoms with Gasteiger partial charge in [-0.2, -0.15) is 10.1 Å². The highest BCUT2D eigenvalue weighted by atomic mass is 19.3. The van der Waals surface area contributed by atoms with E-state index in [1.54, 1.807) is 39.0 Å². The molecule has 2 aliphatic rings. The molecule has 43 heavy (non-hydrogen) atoms. The van der Waals surface area contributed by atoms with E-state index in [2.05, 4.69) is 15.1 Å². The van der Waals surface area contributed by atoms with Crippen molar-refractivity contribution in [3.8, 4) is 5.88 Å². The van der Waals surface area contributed by atoms with Gasteiger partial charge in [0.25, 0.3) is 6.43 Å². The van der Waals surface area contributed by atoms with Crippen molar-refractivity contribution in [1.82, 2.24) is 19.5 Å². The zero-order chi connectivity index (χ0) is 30.1. The summed E-state index contributed by atoms with van der Waals surface area (Å²) in [5, 5.41) is 15.7. The van der Waals surface area contributed by atoms with Gasteiger partial charge < -0.3 is 24.0 Å². The molecule has 2 aliphatic heterocycles. The van der Waals surface area contributed by atoms with Crippen molar-refractivity contribution in [2.75, 3.05) is 24.6 Å². The van der Waals surface area contributed by atoms with E-state index in [4.69, 9.17) is 9.47 Å². The number of pyridine rings is 1. The van der Waals surface area contributed by atoms with E-state index in [0.717, 1.165) is 24.6 Å². The first kappa shape index (κ1) is 28.4. The standard InChI is InChI=1S/C29H26F4N6O4/c30-21-10-17(28(32)33)4-5-18(21)15-43-26-3-1-2-24(35-26)37-7-8-38(34-16-37)14-25-36-27-22(31)11-19(29(40)41)12-23(27)39(25)13-20-6-9-42-20/h1-5,10-12,16,20,28H,6-9,13-15H2,(H,40,41)/t20-/m0/s1. The Labute approximate surface area is 242 Å². The number of anilines is 1. The fourth-order valence-corrected chi connectivity index (χ4v) is 4.85. The van der Waals surface area contributed by atoms with Crippen LogP contribution in [0.1, 0.15) is 40.2 Å². The van der Waals surface area contributed by atoms with Crippen LogP contribution in [0.3, 0.4) is 0 Å². The van der Waals surface area contributed by atoms with Gasteiger partial charge in [0.05, 0.1) is 36.8 Å². The average Bonchev–Trinajstić information content (AvgIpc) is 3.31. The number of benzene rings is 2. The Morgan fingerprint density at radius 3 is 2.60 bits per heavy atom. The third kappa shape index (κ3) is 6.09. The molecule has 0 radical (unpaired) electrons. The van der Waals surface area contributed by atoms with E-state index in [1.807, 2.05) is 0 Å². The number of ether oxygens (including phenoxy) is 2. The van der Waals surface area contributed by atoms with Gasteiger partial charge in [0.15, 0.2) is 5.82 Å². The Balaban J connectivity index is 1.15. The first-order valence-corrected chi connectivity index (χ1v) is 13.5. The lowest BCUT2D eigenvalue weighted by Gasteiger charge is -2.30. The van der Waals surface area contributed by atoms with Gasteiger partial charge in [0, 0.05) is 30.3 Å². The molecule has 1 fully saturated rings. The number of rotatable bonds is 10. The SMILES string of the molecule is O=C(O)c1cc(F)c2nc(CN3CCN(c4cccc(OCc5ccc(C(F)F)cc5F)n4)C=N3)n(C[C@@H]3CCO3)c2c1. The second kappa shape index (κ2) is 11.9. The number of alkyl halides is 2. The molecule has 0 aliphatic carbocycles. The molecule has 6 rings (SSSR count). The number of hydrogen-bond acceptors (Lipinski definition) is 8. The number of aromatic carboxylic acids is 1. The summed E-state index contributed by atoms with van der Waals surface area (Å²) >= 11 is 0. The van der Waals surface area contributed by atoms with Crippen molar-refractivity contribution in [1.29, 1.82) is 0 Å². The molecule has 14 heteroatoms.